The lowest BCUT2D eigenvalue weighted by atomic mass is 10.1. The van der Waals surface area contributed by atoms with Crippen molar-refractivity contribution in [2.24, 2.45) is 0 Å². The molecule has 0 unspecified atom stereocenters. The molecule has 2 aromatic carbocycles. The second kappa shape index (κ2) is 10.3. The van der Waals surface area contributed by atoms with Crippen LogP contribution in [-0.4, -0.2) is 19.1 Å². The number of hydrogen-bond donors (Lipinski definition) is 1. The average molecular weight is 418 g/mol. The highest BCUT2D eigenvalue weighted by Gasteiger charge is 2.30. The third-order valence-corrected chi connectivity index (χ3v) is 3.85. The van der Waals surface area contributed by atoms with Crippen molar-refractivity contribution in [3.63, 3.8) is 0 Å². The summed E-state index contributed by atoms with van der Waals surface area (Å²) in [6.07, 6.45) is -2.39. The SMILES string of the molecule is CCCOc1ccc(/C=C(\C#N)C(=O)Nc2cccc(C(F)(F)F)c2)cc1OCC. The number of nitrogens with zero attached hydrogens (tertiary/aromatic N) is 1. The molecule has 1 N–H and O–H groups in total. The van der Waals surface area contributed by atoms with Crippen LogP contribution in [0.15, 0.2) is 48.0 Å². The van der Waals surface area contributed by atoms with Gasteiger partial charge in [-0.05, 0) is 55.3 Å². The molecule has 0 bridgehead atoms. The molecule has 8 heteroatoms. The smallest absolute Gasteiger partial charge is 0.416 e. The first kappa shape index (κ1) is 22.8. The molecule has 0 heterocycles. The fraction of sp³-hybridized carbons (Fsp3) is 0.273. The number of carbonyl (C=O) groups is 1. The maximum Gasteiger partial charge on any atom is 0.416 e. The summed E-state index contributed by atoms with van der Waals surface area (Å²) in [7, 11) is 0. The number of ether oxygens (including phenoxy) is 2. The number of alkyl halides is 3. The molecule has 0 spiro atoms. The molecule has 1 amide bonds. The summed E-state index contributed by atoms with van der Waals surface area (Å²) in [5.74, 6) is 0.194. The predicted molar refractivity (Wildman–Crippen MR) is 107 cm³/mol. The van der Waals surface area contributed by atoms with Gasteiger partial charge in [-0.3, -0.25) is 4.79 Å². The Morgan fingerprint density at radius 3 is 2.53 bits per heavy atom. The van der Waals surface area contributed by atoms with Crippen LogP contribution in [0.4, 0.5) is 18.9 Å². The van der Waals surface area contributed by atoms with Gasteiger partial charge >= 0.3 is 6.18 Å². The zero-order valence-corrected chi connectivity index (χ0v) is 16.5. The second-order valence-corrected chi connectivity index (χ2v) is 6.19. The van der Waals surface area contributed by atoms with Gasteiger partial charge in [-0.15, -0.1) is 0 Å². The highest BCUT2D eigenvalue weighted by atomic mass is 19.4. The van der Waals surface area contributed by atoms with Crippen molar-refractivity contribution < 1.29 is 27.4 Å². The van der Waals surface area contributed by atoms with Crippen LogP contribution in [0.25, 0.3) is 6.08 Å². The third kappa shape index (κ3) is 6.27. The number of rotatable bonds is 8. The molecule has 30 heavy (non-hydrogen) atoms. The van der Waals surface area contributed by atoms with Crippen molar-refractivity contribution in [1.82, 2.24) is 0 Å². The summed E-state index contributed by atoms with van der Waals surface area (Å²) in [6.45, 7) is 4.70. The van der Waals surface area contributed by atoms with Crippen molar-refractivity contribution in [3.05, 3.63) is 59.2 Å². The quantitative estimate of drug-likeness (QED) is 0.458. The van der Waals surface area contributed by atoms with Gasteiger partial charge in [0.05, 0.1) is 18.8 Å². The maximum absolute atomic E-state index is 12.8. The summed E-state index contributed by atoms with van der Waals surface area (Å²) >= 11 is 0. The highest BCUT2D eigenvalue weighted by Crippen LogP contribution is 2.31. The Bertz CT molecular complexity index is 963. The van der Waals surface area contributed by atoms with E-state index in [2.05, 4.69) is 5.32 Å². The molecule has 0 atom stereocenters. The highest BCUT2D eigenvalue weighted by molar-refractivity contribution is 6.09. The van der Waals surface area contributed by atoms with Gasteiger partial charge in [0.2, 0.25) is 0 Å². The maximum atomic E-state index is 12.8. The van der Waals surface area contributed by atoms with Crippen molar-refractivity contribution in [3.8, 4) is 17.6 Å². The zero-order valence-electron chi connectivity index (χ0n) is 16.5. The molecular formula is C22H21F3N2O3. The number of nitrogens with one attached hydrogen (secondary N) is 1. The van der Waals surface area contributed by atoms with Gasteiger partial charge in [0.25, 0.3) is 5.91 Å². The molecule has 0 saturated heterocycles. The Kier molecular flexibility index (Phi) is 7.87. The monoisotopic (exact) mass is 418 g/mol. The van der Waals surface area contributed by atoms with Crippen molar-refractivity contribution in [2.45, 2.75) is 26.4 Å². The minimum atomic E-state index is -4.54. The van der Waals surface area contributed by atoms with E-state index in [9.17, 15) is 23.2 Å². The van der Waals surface area contributed by atoms with Gasteiger partial charge in [0.15, 0.2) is 11.5 Å². The first-order chi connectivity index (χ1) is 14.3. The molecule has 2 rings (SSSR count). The molecule has 0 saturated carbocycles. The van der Waals surface area contributed by atoms with Crippen LogP contribution >= 0.6 is 0 Å². The van der Waals surface area contributed by atoms with E-state index in [1.54, 1.807) is 24.3 Å². The van der Waals surface area contributed by atoms with E-state index in [4.69, 9.17) is 9.47 Å². The van der Waals surface area contributed by atoms with E-state index in [0.29, 0.717) is 30.3 Å². The molecule has 0 aliphatic carbocycles. The number of anilines is 1. The van der Waals surface area contributed by atoms with E-state index in [1.807, 2.05) is 13.8 Å². The largest absolute Gasteiger partial charge is 0.490 e. The Morgan fingerprint density at radius 2 is 1.90 bits per heavy atom. The first-order valence-corrected chi connectivity index (χ1v) is 9.28. The fourth-order valence-corrected chi connectivity index (χ4v) is 2.50. The summed E-state index contributed by atoms with van der Waals surface area (Å²) in [6, 6.07) is 10.9. The molecule has 5 nitrogen and oxygen atoms in total. The van der Waals surface area contributed by atoms with E-state index < -0.39 is 17.6 Å². The number of amides is 1. The van der Waals surface area contributed by atoms with Gasteiger partial charge < -0.3 is 14.8 Å². The summed E-state index contributed by atoms with van der Waals surface area (Å²) < 4.78 is 49.6. The zero-order chi connectivity index (χ0) is 22.1. The Labute approximate surface area is 172 Å². The molecule has 158 valence electrons. The third-order valence-electron chi connectivity index (χ3n) is 3.85. The Balaban J connectivity index is 2.25. The molecule has 2 aromatic rings. The van der Waals surface area contributed by atoms with E-state index in [1.165, 1.54) is 18.2 Å². The Hall–Kier alpha value is -3.47. The van der Waals surface area contributed by atoms with Gasteiger partial charge in [0.1, 0.15) is 11.6 Å². The fourth-order valence-electron chi connectivity index (χ4n) is 2.50. The molecule has 0 aliphatic rings. The topological polar surface area (TPSA) is 71.3 Å². The van der Waals surface area contributed by atoms with Gasteiger partial charge in [0, 0.05) is 5.69 Å². The van der Waals surface area contributed by atoms with Crippen LogP contribution in [0.2, 0.25) is 0 Å². The van der Waals surface area contributed by atoms with Gasteiger partial charge in [-0.2, -0.15) is 18.4 Å². The number of hydrogen-bond acceptors (Lipinski definition) is 4. The van der Waals surface area contributed by atoms with E-state index >= 15 is 0 Å². The van der Waals surface area contributed by atoms with Crippen molar-refractivity contribution >= 4 is 17.7 Å². The van der Waals surface area contributed by atoms with Gasteiger partial charge in [-0.25, -0.2) is 0 Å². The van der Waals surface area contributed by atoms with E-state index in [-0.39, 0.29) is 11.3 Å². The lowest BCUT2D eigenvalue weighted by molar-refractivity contribution is -0.137. The molecule has 0 aromatic heterocycles. The molecular weight excluding hydrogens is 397 g/mol. The van der Waals surface area contributed by atoms with Gasteiger partial charge in [-0.1, -0.05) is 19.1 Å². The number of nitriles is 1. The van der Waals surface area contributed by atoms with E-state index in [0.717, 1.165) is 18.6 Å². The number of carbonyl (C=O) groups excluding carboxylic acids is 1. The standard InChI is InChI=1S/C22H21F3N2O3/c1-3-10-30-19-9-8-15(12-20(19)29-4-2)11-16(14-26)21(28)27-18-7-5-6-17(13-18)22(23,24)25/h5-9,11-13H,3-4,10H2,1-2H3,(H,27,28)/b16-11+. The summed E-state index contributed by atoms with van der Waals surface area (Å²) in [5.41, 5.74) is -0.712. The van der Waals surface area contributed by atoms with Crippen LogP contribution < -0.4 is 14.8 Å². The molecule has 0 fully saturated rings. The predicted octanol–water partition coefficient (Wildman–Crippen LogP) is 5.44. The Morgan fingerprint density at radius 1 is 1.13 bits per heavy atom. The van der Waals surface area contributed by atoms with Crippen LogP contribution in [0, 0.1) is 11.3 Å². The van der Waals surface area contributed by atoms with Crippen molar-refractivity contribution in [2.75, 3.05) is 18.5 Å². The first-order valence-electron chi connectivity index (χ1n) is 9.28. The van der Waals surface area contributed by atoms with Crippen LogP contribution in [0.1, 0.15) is 31.4 Å². The number of benzene rings is 2. The number of halogens is 3. The minimum absolute atomic E-state index is 0.0608. The normalized spacial score (nSPS) is 11.5. The average Bonchev–Trinajstić information content (AvgIpc) is 2.71. The van der Waals surface area contributed by atoms with Crippen LogP contribution in [0.3, 0.4) is 0 Å². The molecule has 0 radical (unpaired) electrons. The van der Waals surface area contributed by atoms with Crippen LogP contribution in [-0.2, 0) is 11.0 Å². The van der Waals surface area contributed by atoms with Crippen LogP contribution in [0.5, 0.6) is 11.5 Å². The van der Waals surface area contributed by atoms with Crippen molar-refractivity contribution in [1.29, 1.82) is 5.26 Å². The second-order valence-electron chi connectivity index (χ2n) is 6.19. The molecule has 0 aliphatic heterocycles. The summed E-state index contributed by atoms with van der Waals surface area (Å²) in [4.78, 5) is 12.4. The lowest BCUT2D eigenvalue weighted by Gasteiger charge is -2.12. The minimum Gasteiger partial charge on any atom is -0.490 e. The summed E-state index contributed by atoms with van der Waals surface area (Å²) in [5, 5.41) is 11.7. The lowest BCUT2D eigenvalue weighted by Crippen LogP contribution is -2.14.